The van der Waals surface area contributed by atoms with Gasteiger partial charge in [-0.2, -0.15) is 0 Å². The number of hydrogen-bond donors (Lipinski definition) is 0. The Morgan fingerprint density at radius 1 is 1.10 bits per heavy atom. The van der Waals surface area contributed by atoms with Gasteiger partial charge in [0.1, 0.15) is 0 Å². The minimum absolute atomic E-state index is 0.187. The third-order valence-corrected chi connectivity index (χ3v) is 5.11. The van der Waals surface area contributed by atoms with E-state index in [4.69, 9.17) is 0 Å². The number of aryl methyl sites for hydroxylation is 1. The predicted molar refractivity (Wildman–Crippen MR) is 88.5 cm³/mol. The van der Waals surface area contributed by atoms with E-state index in [2.05, 4.69) is 43.0 Å². The number of carbonyl (C=O) groups excluding carboxylic acids is 1. The van der Waals surface area contributed by atoms with Crippen molar-refractivity contribution in [2.24, 2.45) is 0 Å². The molecule has 0 radical (unpaired) electrons. The Morgan fingerprint density at radius 3 is 2.29 bits per heavy atom. The standard InChI is InChI=1S/C19H29NO/c1-3-19(4-2,20-15-8-9-16-20)18(21)14-10-13-17-11-6-5-7-12-17/h5-7,11-12H,3-4,8-10,13-16H2,1-2H3. The molecule has 0 aromatic heterocycles. The molecule has 1 aliphatic heterocycles. The van der Waals surface area contributed by atoms with Crippen molar-refractivity contribution in [3.8, 4) is 0 Å². The zero-order valence-electron chi connectivity index (χ0n) is 13.6. The Labute approximate surface area is 129 Å². The number of hydrogen-bond acceptors (Lipinski definition) is 2. The average molecular weight is 287 g/mol. The quantitative estimate of drug-likeness (QED) is 0.713. The fraction of sp³-hybridized carbons (Fsp3) is 0.632. The van der Waals surface area contributed by atoms with Gasteiger partial charge in [-0.3, -0.25) is 9.69 Å². The van der Waals surface area contributed by atoms with E-state index >= 15 is 0 Å². The maximum atomic E-state index is 12.9. The van der Waals surface area contributed by atoms with Crippen molar-refractivity contribution in [2.75, 3.05) is 13.1 Å². The summed E-state index contributed by atoms with van der Waals surface area (Å²) < 4.78 is 0. The second-order valence-corrected chi connectivity index (χ2v) is 6.20. The summed E-state index contributed by atoms with van der Waals surface area (Å²) in [6, 6.07) is 10.5. The molecule has 116 valence electrons. The van der Waals surface area contributed by atoms with Gasteiger partial charge in [-0.25, -0.2) is 0 Å². The molecule has 1 aromatic rings. The van der Waals surface area contributed by atoms with Crippen LogP contribution >= 0.6 is 0 Å². The molecule has 1 heterocycles. The molecular weight excluding hydrogens is 258 g/mol. The van der Waals surface area contributed by atoms with Gasteiger partial charge in [-0.1, -0.05) is 44.2 Å². The van der Waals surface area contributed by atoms with Crippen LogP contribution in [0, 0.1) is 0 Å². The van der Waals surface area contributed by atoms with Crippen LogP contribution in [0.4, 0.5) is 0 Å². The highest BCUT2D eigenvalue weighted by atomic mass is 16.1. The second-order valence-electron chi connectivity index (χ2n) is 6.20. The highest BCUT2D eigenvalue weighted by Crippen LogP contribution is 2.30. The number of benzene rings is 1. The minimum atomic E-state index is -0.187. The van der Waals surface area contributed by atoms with E-state index in [-0.39, 0.29) is 5.54 Å². The lowest BCUT2D eigenvalue weighted by atomic mass is 9.83. The zero-order valence-corrected chi connectivity index (χ0v) is 13.6. The van der Waals surface area contributed by atoms with Gasteiger partial charge in [0.25, 0.3) is 0 Å². The number of Topliss-reactive ketones (excluding diaryl/α,β-unsaturated/α-hetero) is 1. The fourth-order valence-corrected chi connectivity index (χ4v) is 3.74. The molecule has 0 spiro atoms. The number of likely N-dealkylation sites (tertiary alicyclic amines) is 1. The summed E-state index contributed by atoms with van der Waals surface area (Å²) in [7, 11) is 0. The first-order valence-corrected chi connectivity index (χ1v) is 8.55. The summed E-state index contributed by atoms with van der Waals surface area (Å²) in [5.41, 5.74) is 1.15. The summed E-state index contributed by atoms with van der Waals surface area (Å²) in [5.74, 6) is 0.463. The molecule has 0 N–H and O–H groups in total. The molecule has 0 amide bonds. The number of nitrogens with zero attached hydrogens (tertiary/aromatic N) is 1. The van der Waals surface area contributed by atoms with Gasteiger partial charge < -0.3 is 0 Å². The van der Waals surface area contributed by atoms with Crippen LogP contribution in [0.25, 0.3) is 0 Å². The van der Waals surface area contributed by atoms with Crippen molar-refractivity contribution in [3.63, 3.8) is 0 Å². The molecule has 2 nitrogen and oxygen atoms in total. The number of carbonyl (C=O) groups is 1. The minimum Gasteiger partial charge on any atom is -0.298 e. The van der Waals surface area contributed by atoms with Crippen molar-refractivity contribution < 1.29 is 4.79 Å². The van der Waals surface area contributed by atoms with Crippen LogP contribution in [-0.2, 0) is 11.2 Å². The van der Waals surface area contributed by atoms with E-state index < -0.39 is 0 Å². The van der Waals surface area contributed by atoms with E-state index in [0.29, 0.717) is 12.2 Å². The zero-order chi connectivity index (χ0) is 15.1. The molecule has 0 saturated carbocycles. The summed E-state index contributed by atoms with van der Waals surface area (Å²) in [4.78, 5) is 15.3. The van der Waals surface area contributed by atoms with E-state index in [0.717, 1.165) is 38.8 Å². The molecular formula is C19H29NO. The van der Waals surface area contributed by atoms with Gasteiger partial charge in [-0.15, -0.1) is 0 Å². The van der Waals surface area contributed by atoms with Crippen molar-refractivity contribution in [2.45, 2.75) is 64.3 Å². The lowest BCUT2D eigenvalue weighted by molar-refractivity contribution is -0.131. The Hall–Kier alpha value is -1.15. The van der Waals surface area contributed by atoms with Crippen LogP contribution < -0.4 is 0 Å². The molecule has 2 heteroatoms. The highest BCUT2D eigenvalue weighted by molar-refractivity contribution is 5.88. The first kappa shape index (κ1) is 16.2. The van der Waals surface area contributed by atoms with Gasteiger partial charge in [0.2, 0.25) is 0 Å². The van der Waals surface area contributed by atoms with Crippen LogP contribution in [0.2, 0.25) is 0 Å². The molecule has 0 unspecified atom stereocenters. The van der Waals surface area contributed by atoms with Crippen molar-refractivity contribution in [1.29, 1.82) is 0 Å². The smallest absolute Gasteiger partial charge is 0.153 e. The first-order chi connectivity index (χ1) is 10.2. The van der Waals surface area contributed by atoms with E-state index in [1.807, 2.05) is 6.07 Å². The summed E-state index contributed by atoms with van der Waals surface area (Å²) in [6.45, 7) is 6.56. The van der Waals surface area contributed by atoms with E-state index in [1.54, 1.807) is 0 Å². The van der Waals surface area contributed by atoms with Crippen LogP contribution in [-0.4, -0.2) is 29.3 Å². The lowest BCUT2D eigenvalue weighted by Crippen LogP contribution is -2.52. The van der Waals surface area contributed by atoms with Crippen molar-refractivity contribution in [3.05, 3.63) is 35.9 Å². The number of rotatable bonds is 8. The summed E-state index contributed by atoms with van der Waals surface area (Å²) in [6.07, 6.45) is 7.10. The maximum absolute atomic E-state index is 12.9. The van der Waals surface area contributed by atoms with Crippen LogP contribution in [0.1, 0.15) is 57.9 Å². The van der Waals surface area contributed by atoms with Gasteiger partial charge in [0.05, 0.1) is 5.54 Å². The Bertz CT molecular complexity index is 430. The average Bonchev–Trinajstić information content (AvgIpc) is 3.05. The molecule has 0 aliphatic carbocycles. The molecule has 1 fully saturated rings. The first-order valence-electron chi connectivity index (χ1n) is 8.55. The van der Waals surface area contributed by atoms with Crippen molar-refractivity contribution in [1.82, 2.24) is 4.90 Å². The molecule has 2 rings (SSSR count). The van der Waals surface area contributed by atoms with Crippen LogP contribution in [0.15, 0.2) is 30.3 Å². The number of ketones is 1. The van der Waals surface area contributed by atoms with Crippen molar-refractivity contribution >= 4 is 5.78 Å². The SMILES string of the molecule is CCC(CC)(C(=O)CCCc1ccccc1)N1CCCC1. The fourth-order valence-electron chi connectivity index (χ4n) is 3.74. The lowest BCUT2D eigenvalue weighted by Gasteiger charge is -2.39. The summed E-state index contributed by atoms with van der Waals surface area (Å²) >= 11 is 0. The Balaban J connectivity index is 1.92. The normalized spacial score (nSPS) is 16.3. The van der Waals surface area contributed by atoms with Crippen LogP contribution in [0.5, 0.6) is 0 Å². The second kappa shape index (κ2) is 7.74. The van der Waals surface area contributed by atoms with Gasteiger partial charge in [-0.05, 0) is 57.2 Å². The van der Waals surface area contributed by atoms with Gasteiger partial charge in [0, 0.05) is 6.42 Å². The maximum Gasteiger partial charge on any atom is 0.153 e. The largest absolute Gasteiger partial charge is 0.298 e. The third kappa shape index (κ3) is 3.74. The molecule has 0 atom stereocenters. The predicted octanol–water partition coefficient (Wildman–Crippen LogP) is 4.23. The Kier molecular flexibility index (Phi) is 5.98. The molecule has 1 aromatic carbocycles. The molecule has 0 bridgehead atoms. The molecule has 1 saturated heterocycles. The van der Waals surface area contributed by atoms with E-state index in [9.17, 15) is 4.79 Å². The topological polar surface area (TPSA) is 20.3 Å². The monoisotopic (exact) mass is 287 g/mol. The highest BCUT2D eigenvalue weighted by Gasteiger charge is 2.40. The third-order valence-electron chi connectivity index (χ3n) is 5.11. The Morgan fingerprint density at radius 2 is 1.71 bits per heavy atom. The van der Waals surface area contributed by atoms with Gasteiger partial charge in [0.15, 0.2) is 5.78 Å². The molecule has 21 heavy (non-hydrogen) atoms. The summed E-state index contributed by atoms with van der Waals surface area (Å²) in [5, 5.41) is 0. The van der Waals surface area contributed by atoms with Crippen LogP contribution in [0.3, 0.4) is 0 Å². The molecule has 1 aliphatic rings. The van der Waals surface area contributed by atoms with E-state index in [1.165, 1.54) is 18.4 Å². The van der Waals surface area contributed by atoms with Gasteiger partial charge >= 0.3 is 0 Å².